The topological polar surface area (TPSA) is 85.1 Å². The third-order valence-corrected chi connectivity index (χ3v) is 2.33. The molecule has 0 atom stereocenters. The first-order chi connectivity index (χ1) is 8.84. The molecule has 0 aliphatic carbocycles. The minimum Gasteiger partial charge on any atom is -0.289 e. The molecule has 0 spiro atoms. The highest BCUT2D eigenvalue weighted by molar-refractivity contribution is 6.01. The van der Waals surface area contributed by atoms with Crippen molar-refractivity contribution in [3.8, 4) is 0 Å². The molecule has 0 unspecified atom stereocenters. The van der Waals surface area contributed by atoms with E-state index in [0.717, 1.165) is 0 Å². The molecule has 3 aromatic rings. The largest absolute Gasteiger partial charge is 0.289 e. The van der Waals surface area contributed by atoms with Crippen molar-refractivity contribution in [2.45, 2.75) is 0 Å². The first-order valence-electron chi connectivity index (χ1n) is 5.22. The Morgan fingerprint density at radius 3 is 3.00 bits per heavy atom. The van der Waals surface area contributed by atoms with Gasteiger partial charge >= 0.3 is 0 Å². The second-order valence-electron chi connectivity index (χ2n) is 3.50. The maximum Gasteiger partial charge on any atom is 0.278 e. The summed E-state index contributed by atoms with van der Waals surface area (Å²) in [5, 5.41) is 10.5. The van der Waals surface area contributed by atoms with E-state index in [9.17, 15) is 4.79 Å². The number of nitrogens with one attached hydrogen (secondary N) is 1. The maximum atomic E-state index is 11.9. The van der Waals surface area contributed by atoms with E-state index in [1.54, 1.807) is 16.7 Å². The van der Waals surface area contributed by atoms with Crippen molar-refractivity contribution in [1.29, 1.82) is 0 Å². The minimum absolute atomic E-state index is 0.227. The molecule has 0 aliphatic heterocycles. The molecule has 0 saturated heterocycles. The van der Waals surface area contributed by atoms with E-state index in [2.05, 4.69) is 25.5 Å². The molecule has 0 fully saturated rings. The Hall–Kier alpha value is -2.83. The summed E-state index contributed by atoms with van der Waals surface area (Å²) in [6.07, 6.45) is 6.11. The summed E-state index contributed by atoms with van der Waals surface area (Å²) < 4.78 is 1.67. The Morgan fingerprint density at radius 1 is 1.22 bits per heavy atom. The van der Waals surface area contributed by atoms with Crippen molar-refractivity contribution in [3.63, 3.8) is 0 Å². The normalized spacial score (nSPS) is 10.4. The molecule has 3 rings (SSSR count). The standard InChI is InChI=1S/C11H8N6O/c18-10(8-7-12-4-5-13-8)14-11-16-15-9-3-1-2-6-17(9)11/h1-7H,(H,14,16,18). The fourth-order valence-electron chi connectivity index (χ4n) is 1.51. The van der Waals surface area contributed by atoms with Crippen molar-refractivity contribution in [2.75, 3.05) is 5.32 Å². The zero-order valence-corrected chi connectivity index (χ0v) is 9.19. The van der Waals surface area contributed by atoms with Gasteiger partial charge in [0.1, 0.15) is 5.69 Å². The van der Waals surface area contributed by atoms with E-state index in [1.807, 2.05) is 12.1 Å². The van der Waals surface area contributed by atoms with E-state index in [-0.39, 0.29) is 11.6 Å². The maximum absolute atomic E-state index is 11.9. The van der Waals surface area contributed by atoms with E-state index in [4.69, 9.17) is 0 Å². The molecule has 3 aromatic heterocycles. The van der Waals surface area contributed by atoms with E-state index in [1.165, 1.54) is 18.6 Å². The smallest absolute Gasteiger partial charge is 0.278 e. The van der Waals surface area contributed by atoms with Gasteiger partial charge in [0.15, 0.2) is 5.65 Å². The van der Waals surface area contributed by atoms with Gasteiger partial charge in [-0.2, -0.15) is 0 Å². The number of anilines is 1. The van der Waals surface area contributed by atoms with Crippen LogP contribution in [0.15, 0.2) is 43.0 Å². The van der Waals surface area contributed by atoms with Crippen LogP contribution in [0.5, 0.6) is 0 Å². The predicted octanol–water partition coefficient (Wildman–Crippen LogP) is 0.772. The van der Waals surface area contributed by atoms with Crippen molar-refractivity contribution in [1.82, 2.24) is 24.6 Å². The average molecular weight is 240 g/mol. The SMILES string of the molecule is O=C(Nc1nnc2ccccn12)c1cnccn1. The molecule has 1 amide bonds. The summed E-state index contributed by atoms with van der Waals surface area (Å²) in [6.45, 7) is 0. The van der Waals surface area contributed by atoms with Crippen LogP contribution in [0.3, 0.4) is 0 Å². The molecule has 18 heavy (non-hydrogen) atoms. The summed E-state index contributed by atoms with van der Waals surface area (Å²) in [7, 11) is 0. The van der Waals surface area contributed by atoms with Crippen LogP contribution >= 0.6 is 0 Å². The van der Waals surface area contributed by atoms with Gasteiger partial charge in [0.05, 0.1) is 6.20 Å². The fraction of sp³-hybridized carbons (Fsp3) is 0. The van der Waals surface area contributed by atoms with Crippen LogP contribution in [0.2, 0.25) is 0 Å². The molecule has 0 radical (unpaired) electrons. The second-order valence-corrected chi connectivity index (χ2v) is 3.50. The van der Waals surface area contributed by atoms with Gasteiger partial charge in [-0.15, -0.1) is 10.2 Å². The molecule has 0 bridgehead atoms. The predicted molar refractivity (Wildman–Crippen MR) is 63.0 cm³/mol. The Labute approximate surface area is 102 Å². The number of rotatable bonds is 2. The van der Waals surface area contributed by atoms with Crippen LogP contribution in [0.1, 0.15) is 10.5 Å². The monoisotopic (exact) mass is 240 g/mol. The third kappa shape index (κ3) is 1.77. The minimum atomic E-state index is -0.374. The molecule has 1 N–H and O–H groups in total. The van der Waals surface area contributed by atoms with Crippen LogP contribution in [-0.4, -0.2) is 30.5 Å². The van der Waals surface area contributed by atoms with Gasteiger partial charge in [-0.05, 0) is 12.1 Å². The first kappa shape index (κ1) is 10.3. The summed E-state index contributed by atoms with van der Waals surface area (Å²) in [5.41, 5.74) is 0.886. The van der Waals surface area contributed by atoms with Gasteiger partial charge in [-0.1, -0.05) is 6.07 Å². The van der Waals surface area contributed by atoms with Gasteiger partial charge in [0, 0.05) is 18.6 Å². The van der Waals surface area contributed by atoms with Crippen LogP contribution in [0.4, 0.5) is 5.95 Å². The highest BCUT2D eigenvalue weighted by atomic mass is 16.2. The molecule has 0 saturated carbocycles. The average Bonchev–Trinajstić information content (AvgIpc) is 2.83. The lowest BCUT2D eigenvalue weighted by Crippen LogP contribution is -2.15. The zero-order valence-electron chi connectivity index (χ0n) is 9.19. The van der Waals surface area contributed by atoms with Crippen molar-refractivity contribution < 1.29 is 4.79 Å². The van der Waals surface area contributed by atoms with Crippen LogP contribution < -0.4 is 5.32 Å². The number of hydrogen-bond acceptors (Lipinski definition) is 5. The number of fused-ring (bicyclic) bond motifs is 1. The van der Waals surface area contributed by atoms with Gasteiger partial charge in [0.2, 0.25) is 5.95 Å². The fourth-order valence-corrected chi connectivity index (χ4v) is 1.51. The molecule has 7 heteroatoms. The van der Waals surface area contributed by atoms with Crippen LogP contribution in [0, 0.1) is 0 Å². The molecule has 88 valence electrons. The number of carbonyl (C=O) groups is 1. The molecular formula is C11H8N6O. The lowest BCUT2D eigenvalue weighted by Gasteiger charge is -2.01. The van der Waals surface area contributed by atoms with Gasteiger partial charge in [-0.3, -0.25) is 19.5 Å². The Kier molecular flexibility index (Phi) is 2.41. The quantitative estimate of drug-likeness (QED) is 0.715. The van der Waals surface area contributed by atoms with Crippen molar-refractivity contribution >= 4 is 17.5 Å². The van der Waals surface area contributed by atoms with Gasteiger partial charge in [-0.25, -0.2) is 4.98 Å². The number of amides is 1. The lowest BCUT2D eigenvalue weighted by molar-refractivity contribution is 0.102. The number of aromatic nitrogens is 5. The molecular weight excluding hydrogens is 232 g/mol. The molecule has 3 heterocycles. The Bertz CT molecular complexity index is 693. The number of hydrogen-bond donors (Lipinski definition) is 1. The summed E-state index contributed by atoms with van der Waals surface area (Å²) in [5.74, 6) is -0.0255. The van der Waals surface area contributed by atoms with E-state index >= 15 is 0 Å². The highest BCUT2D eigenvalue weighted by Gasteiger charge is 2.11. The number of pyridine rings is 1. The third-order valence-electron chi connectivity index (χ3n) is 2.33. The Balaban J connectivity index is 1.91. The summed E-state index contributed by atoms with van der Waals surface area (Å²) >= 11 is 0. The van der Waals surface area contributed by atoms with Crippen LogP contribution in [-0.2, 0) is 0 Å². The molecule has 0 aromatic carbocycles. The number of carbonyl (C=O) groups excluding carboxylic acids is 1. The zero-order chi connectivity index (χ0) is 12.4. The summed E-state index contributed by atoms with van der Waals surface area (Å²) in [6, 6.07) is 5.47. The lowest BCUT2D eigenvalue weighted by atomic mass is 10.4. The van der Waals surface area contributed by atoms with E-state index in [0.29, 0.717) is 11.6 Å². The van der Waals surface area contributed by atoms with E-state index < -0.39 is 0 Å². The van der Waals surface area contributed by atoms with Crippen LogP contribution in [0.25, 0.3) is 5.65 Å². The first-order valence-corrected chi connectivity index (χ1v) is 5.22. The highest BCUT2D eigenvalue weighted by Crippen LogP contribution is 2.08. The second kappa shape index (κ2) is 4.21. The molecule has 7 nitrogen and oxygen atoms in total. The number of nitrogens with zero attached hydrogens (tertiary/aromatic N) is 5. The Morgan fingerprint density at radius 2 is 2.17 bits per heavy atom. The van der Waals surface area contributed by atoms with Gasteiger partial charge < -0.3 is 0 Å². The van der Waals surface area contributed by atoms with Crippen molar-refractivity contribution in [3.05, 3.63) is 48.7 Å². The van der Waals surface area contributed by atoms with Gasteiger partial charge in [0.25, 0.3) is 5.91 Å². The van der Waals surface area contributed by atoms with Crippen molar-refractivity contribution in [2.24, 2.45) is 0 Å². The summed E-state index contributed by atoms with van der Waals surface area (Å²) in [4.78, 5) is 19.6. The molecule has 0 aliphatic rings.